The van der Waals surface area contributed by atoms with Gasteiger partial charge in [-0.3, -0.25) is 4.79 Å². The molecular weight excluding hydrogens is 264 g/mol. The minimum Gasteiger partial charge on any atom is -0.346 e. The summed E-state index contributed by atoms with van der Waals surface area (Å²) < 4.78 is 1.93. The third-order valence-corrected chi connectivity index (χ3v) is 3.61. The predicted molar refractivity (Wildman–Crippen MR) is 81.9 cm³/mol. The Balaban J connectivity index is 2.03. The molecule has 0 spiro atoms. The second kappa shape index (κ2) is 6.52. The van der Waals surface area contributed by atoms with Crippen LogP contribution in [0.4, 0.5) is 0 Å². The summed E-state index contributed by atoms with van der Waals surface area (Å²) in [5, 5.41) is 11.0. The third-order valence-electron chi connectivity index (χ3n) is 3.61. The van der Waals surface area contributed by atoms with E-state index in [0.717, 1.165) is 23.5 Å². The smallest absolute Gasteiger partial charge is 0.225 e. The van der Waals surface area contributed by atoms with E-state index in [-0.39, 0.29) is 11.9 Å². The van der Waals surface area contributed by atoms with E-state index < -0.39 is 0 Å². The molecule has 0 saturated carbocycles. The highest BCUT2D eigenvalue weighted by atomic mass is 16.1. The predicted octanol–water partition coefficient (Wildman–Crippen LogP) is 2.33. The van der Waals surface area contributed by atoms with Gasteiger partial charge in [-0.1, -0.05) is 23.8 Å². The number of aryl methyl sites for hydroxylation is 3. The van der Waals surface area contributed by atoms with Crippen LogP contribution >= 0.6 is 0 Å². The molecule has 0 saturated heterocycles. The number of nitrogens with one attached hydrogen (secondary N) is 1. The fourth-order valence-electron chi connectivity index (χ4n) is 2.36. The molecule has 1 aromatic carbocycles. The fraction of sp³-hybridized carbons (Fsp3) is 0.438. The van der Waals surface area contributed by atoms with Crippen molar-refractivity contribution in [3.8, 4) is 0 Å². The molecule has 1 unspecified atom stereocenters. The van der Waals surface area contributed by atoms with Crippen molar-refractivity contribution in [3.63, 3.8) is 0 Å². The molecular formula is C16H22N4O. The molecule has 2 rings (SSSR count). The first-order valence-corrected chi connectivity index (χ1v) is 7.24. The van der Waals surface area contributed by atoms with E-state index in [1.165, 1.54) is 5.56 Å². The maximum absolute atomic E-state index is 12.2. The first-order valence-electron chi connectivity index (χ1n) is 7.24. The molecule has 0 fully saturated rings. The Morgan fingerprint density at radius 2 is 2.14 bits per heavy atom. The van der Waals surface area contributed by atoms with Gasteiger partial charge in [-0.05, 0) is 38.8 Å². The minimum atomic E-state index is -0.148. The number of benzene rings is 1. The summed E-state index contributed by atoms with van der Waals surface area (Å²) in [6.07, 6.45) is 2.07. The lowest BCUT2D eigenvalue weighted by molar-refractivity contribution is -0.121. The Bertz CT molecular complexity index is 633. The molecule has 0 aliphatic carbocycles. The van der Waals surface area contributed by atoms with Crippen LogP contribution in [0, 0.1) is 13.8 Å². The average Bonchev–Trinajstić information content (AvgIpc) is 2.91. The zero-order chi connectivity index (χ0) is 15.4. The van der Waals surface area contributed by atoms with Crippen molar-refractivity contribution in [2.45, 2.75) is 46.7 Å². The van der Waals surface area contributed by atoms with Crippen molar-refractivity contribution in [1.82, 2.24) is 20.1 Å². The normalized spacial score (nSPS) is 12.2. The SMILES string of the molecule is CCn1cnnc1C(C)NC(=O)Cc1cc(C)ccc1C. The van der Waals surface area contributed by atoms with Gasteiger partial charge in [-0.15, -0.1) is 10.2 Å². The monoisotopic (exact) mass is 286 g/mol. The molecule has 0 aliphatic heterocycles. The second-order valence-electron chi connectivity index (χ2n) is 5.37. The van der Waals surface area contributed by atoms with Gasteiger partial charge in [0.15, 0.2) is 5.82 Å². The summed E-state index contributed by atoms with van der Waals surface area (Å²) in [6.45, 7) is 8.81. The number of hydrogen-bond acceptors (Lipinski definition) is 3. The van der Waals surface area contributed by atoms with Gasteiger partial charge < -0.3 is 9.88 Å². The van der Waals surface area contributed by atoms with Crippen LogP contribution < -0.4 is 5.32 Å². The zero-order valence-corrected chi connectivity index (χ0v) is 13.1. The van der Waals surface area contributed by atoms with E-state index in [4.69, 9.17) is 0 Å². The van der Waals surface area contributed by atoms with Crippen LogP contribution in [0.3, 0.4) is 0 Å². The van der Waals surface area contributed by atoms with E-state index >= 15 is 0 Å². The van der Waals surface area contributed by atoms with Crippen LogP contribution in [0.25, 0.3) is 0 Å². The Kier molecular flexibility index (Phi) is 4.73. The van der Waals surface area contributed by atoms with Gasteiger partial charge in [0.05, 0.1) is 12.5 Å². The first kappa shape index (κ1) is 15.2. The molecule has 0 radical (unpaired) electrons. The zero-order valence-electron chi connectivity index (χ0n) is 13.1. The van der Waals surface area contributed by atoms with E-state index in [2.05, 4.69) is 33.7 Å². The molecule has 21 heavy (non-hydrogen) atoms. The molecule has 5 heteroatoms. The van der Waals surface area contributed by atoms with Crippen LogP contribution in [-0.4, -0.2) is 20.7 Å². The van der Waals surface area contributed by atoms with Crippen LogP contribution in [-0.2, 0) is 17.8 Å². The molecule has 0 aliphatic rings. The minimum absolute atomic E-state index is 0.00172. The fourth-order valence-corrected chi connectivity index (χ4v) is 2.36. The Hall–Kier alpha value is -2.17. The molecule has 112 valence electrons. The number of hydrogen-bond donors (Lipinski definition) is 1. The van der Waals surface area contributed by atoms with Gasteiger partial charge >= 0.3 is 0 Å². The van der Waals surface area contributed by atoms with Gasteiger partial charge in [-0.2, -0.15) is 0 Å². The average molecular weight is 286 g/mol. The lowest BCUT2D eigenvalue weighted by atomic mass is 10.0. The van der Waals surface area contributed by atoms with Crippen molar-refractivity contribution >= 4 is 5.91 Å². The Labute approximate surface area is 125 Å². The van der Waals surface area contributed by atoms with Crippen molar-refractivity contribution in [1.29, 1.82) is 0 Å². The van der Waals surface area contributed by atoms with E-state index in [0.29, 0.717) is 6.42 Å². The summed E-state index contributed by atoms with van der Waals surface area (Å²) in [4.78, 5) is 12.2. The summed E-state index contributed by atoms with van der Waals surface area (Å²) in [5.41, 5.74) is 3.37. The van der Waals surface area contributed by atoms with Crippen LogP contribution in [0.1, 0.15) is 42.4 Å². The summed E-state index contributed by atoms with van der Waals surface area (Å²) in [6, 6.07) is 6.02. The quantitative estimate of drug-likeness (QED) is 0.917. The number of aromatic nitrogens is 3. The molecule has 0 bridgehead atoms. The Morgan fingerprint density at radius 3 is 2.86 bits per heavy atom. The van der Waals surface area contributed by atoms with Crippen LogP contribution in [0.5, 0.6) is 0 Å². The van der Waals surface area contributed by atoms with Gasteiger partial charge in [0.25, 0.3) is 0 Å². The van der Waals surface area contributed by atoms with Gasteiger partial charge in [0.1, 0.15) is 6.33 Å². The number of nitrogens with zero attached hydrogens (tertiary/aromatic N) is 3. The maximum atomic E-state index is 12.2. The first-order chi connectivity index (χ1) is 10.0. The topological polar surface area (TPSA) is 59.8 Å². The number of rotatable bonds is 5. The van der Waals surface area contributed by atoms with Crippen molar-refractivity contribution in [2.75, 3.05) is 0 Å². The number of amides is 1. The highest BCUT2D eigenvalue weighted by Crippen LogP contribution is 2.13. The Morgan fingerprint density at radius 1 is 1.38 bits per heavy atom. The maximum Gasteiger partial charge on any atom is 0.225 e. The van der Waals surface area contributed by atoms with E-state index in [9.17, 15) is 4.79 Å². The molecule has 1 N–H and O–H groups in total. The highest BCUT2D eigenvalue weighted by Gasteiger charge is 2.15. The molecule has 1 aromatic heterocycles. The largest absolute Gasteiger partial charge is 0.346 e. The van der Waals surface area contributed by atoms with E-state index in [1.807, 2.05) is 32.3 Å². The van der Waals surface area contributed by atoms with E-state index in [1.54, 1.807) is 6.33 Å². The standard InChI is InChI=1S/C16H22N4O/c1-5-20-10-17-19-16(20)13(4)18-15(21)9-14-8-11(2)6-7-12(14)3/h6-8,10,13H,5,9H2,1-4H3,(H,18,21). The highest BCUT2D eigenvalue weighted by molar-refractivity contribution is 5.79. The number of carbonyl (C=O) groups is 1. The van der Waals surface area contributed by atoms with Crippen LogP contribution in [0.15, 0.2) is 24.5 Å². The molecule has 1 heterocycles. The molecule has 2 aromatic rings. The van der Waals surface area contributed by atoms with Crippen molar-refractivity contribution in [3.05, 3.63) is 47.0 Å². The summed E-state index contributed by atoms with van der Waals surface area (Å²) in [7, 11) is 0. The van der Waals surface area contributed by atoms with Gasteiger partial charge in [0, 0.05) is 6.54 Å². The molecule has 1 amide bonds. The second-order valence-corrected chi connectivity index (χ2v) is 5.37. The summed E-state index contributed by atoms with van der Waals surface area (Å²) in [5.74, 6) is 0.786. The van der Waals surface area contributed by atoms with Crippen LogP contribution in [0.2, 0.25) is 0 Å². The van der Waals surface area contributed by atoms with Gasteiger partial charge in [-0.25, -0.2) is 0 Å². The molecule has 5 nitrogen and oxygen atoms in total. The van der Waals surface area contributed by atoms with Crippen molar-refractivity contribution in [2.24, 2.45) is 0 Å². The third kappa shape index (κ3) is 3.68. The lowest BCUT2D eigenvalue weighted by Gasteiger charge is -2.14. The summed E-state index contributed by atoms with van der Waals surface area (Å²) >= 11 is 0. The van der Waals surface area contributed by atoms with Crippen molar-refractivity contribution < 1.29 is 4.79 Å². The molecule has 1 atom stereocenters. The van der Waals surface area contributed by atoms with Gasteiger partial charge in [0.2, 0.25) is 5.91 Å². The lowest BCUT2D eigenvalue weighted by Crippen LogP contribution is -2.30. The number of carbonyl (C=O) groups excluding carboxylic acids is 1.